The molecule has 0 aliphatic heterocycles. The van der Waals surface area contributed by atoms with Gasteiger partial charge in [-0.15, -0.1) is 0 Å². The molecule has 1 aliphatic carbocycles. The van der Waals surface area contributed by atoms with Crippen LogP contribution in [-0.4, -0.2) is 13.9 Å². The molecule has 2 rings (SSSR count). The molecule has 1 aromatic rings. The van der Waals surface area contributed by atoms with Crippen LogP contribution in [0.4, 0.5) is 0 Å². The van der Waals surface area contributed by atoms with E-state index in [-0.39, 0.29) is 10.8 Å². The molecule has 1 unspecified atom stereocenters. The highest BCUT2D eigenvalue weighted by Crippen LogP contribution is 2.35. The molecule has 0 radical (unpaired) electrons. The van der Waals surface area contributed by atoms with Crippen LogP contribution in [0.25, 0.3) is 0 Å². The average Bonchev–Trinajstić information content (AvgIpc) is 2.89. The van der Waals surface area contributed by atoms with E-state index >= 15 is 0 Å². The Morgan fingerprint density at radius 2 is 2.00 bits per heavy atom. The van der Waals surface area contributed by atoms with Gasteiger partial charge in [-0.05, 0) is 51.7 Å². The predicted molar refractivity (Wildman–Crippen MR) is 80.0 cm³/mol. The van der Waals surface area contributed by atoms with Crippen LogP contribution in [0, 0.1) is 5.92 Å². The van der Waals surface area contributed by atoms with E-state index < -0.39 is 11.0 Å². The van der Waals surface area contributed by atoms with E-state index in [0.29, 0.717) is 5.92 Å². The van der Waals surface area contributed by atoms with Crippen molar-refractivity contribution >= 4 is 11.0 Å². The van der Waals surface area contributed by atoms with Gasteiger partial charge in [0, 0.05) is 6.20 Å². The van der Waals surface area contributed by atoms with Crippen LogP contribution >= 0.6 is 0 Å². The summed E-state index contributed by atoms with van der Waals surface area (Å²) in [5, 5.41) is 0. The van der Waals surface area contributed by atoms with Gasteiger partial charge in [-0.3, -0.25) is 4.98 Å². The molecule has 2 atom stereocenters. The third-order valence-corrected chi connectivity index (χ3v) is 5.25. The number of nitrogens with zero attached hydrogens (tertiary/aromatic N) is 1. The van der Waals surface area contributed by atoms with Gasteiger partial charge >= 0.3 is 0 Å². The van der Waals surface area contributed by atoms with E-state index in [4.69, 9.17) is 0 Å². The van der Waals surface area contributed by atoms with Crippen molar-refractivity contribution in [1.29, 1.82) is 0 Å². The molecule has 4 heteroatoms. The van der Waals surface area contributed by atoms with Crippen molar-refractivity contribution in [2.24, 2.45) is 5.92 Å². The first-order valence-corrected chi connectivity index (χ1v) is 8.22. The summed E-state index contributed by atoms with van der Waals surface area (Å²) in [5.74, 6) is 0.557. The second kappa shape index (κ2) is 6.14. The van der Waals surface area contributed by atoms with Gasteiger partial charge in [0.25, 0.3) is 0 Å². The molecular weight excluding hydrogens is 256 g/mol. The third kappa shape index (κ3) is 3.86. The maximum atomic E-state index is 12.4. The highest BCUT2D eigenvalue weighted by molar-refractivity contribution is 7.84. The molecule has 0 aromatic carbocycles. The summed E-state index contributed by atoms with van der Waals surface area (Å²) in [7, 11) is -1.05. The zero-order chi connectivity index (χ0) is 13.9. The van der Waals surface area contributed by atoms with Crippen LogP contribution in [0.5, 0.6) is 0 Å². The first kappa shape index (κ1) is 14.7. The Kier molecular flexibility index (Phi) is 4.74. The van der Waals surface area contributed by atoms with Gasteiger partial charge in [-0.1, -0.05) is 18.9 Å². The molecule has 106 valence electrons. The number of nitrogens with one attached hydrogen (secondary N) is 1. The Morgan fingerprint density at radius 3 is 2.53 bits per heavy atom. The second-order valence-electron chi connectivity index (χ2n) is 6.28. The minimum absolute atomic E-state index is 0.115. The zero-order valence-corrected chi connectivity index (χ0v) is 12.9. The molecule has 1 aromatic heterocycles. The van der Waals surface area contributed by atoms with E-state index in [1.807, 2.05) is 45.2 Å². The van der Waals surface area contributed by atoms with E-state index in [1.165, 1.54) is 25.7 Å². The SMILES string of the molecule is CC(C)(C)S(=O)N[C@H](c1ccccn1)C1CCCC1. The molecular formula is C15H24N2OS. The van der Waals surface area contributed by atoms with Gasteiger partial charge < -0.3 is 0 Å². The minimum atomic E-state index is -1.05. The number of hydrogen-bond donors (Lipinski definition) is 1. The number of rotatable bonds is 4. The normalized spacial score (nSPS) is 20.4. The summed E-state index contributed by atoms with van der Waals surface area (Å²) in [6.45, 7) is 6.00. The largest absolute Gasteiger partial charge is 0.260 e. The molecule has 1 fully saturated rings. The zero-order valence-electron chi connectivity index (χ0n) is 12.1. The van der Waals surface area contributed by atoms with Crippen molar-refractivity contribution in [3.8, 4) is 0 Å². The molecule has 19 heavy (non-hydrogen) atoms. The fourth-order valence-electron chi connectivity index (χ4n) is 2.54. The number of hydrogen-bond acceptors (Lipinski definition) is 2. The number of pyridine rings is 1. The third-order valence-electron chi connectivity index (χ3n) is 3.67. The fourth-order valence-corrected chi connectivity index (χ4v) is 3.44. The van der Waals surface area contributed by atoms with Gasteiger partial charge in [0.05, 0.1) is 27.5 Å². The van der Waals surface area contributed by atoms with E-state index in [9.17, 15) is 4.21 Å². The lowest BCUT2D eigenvalue weighted by molar-refractivity contribution is 0.408. The van der Waals surface area contributed by atoms with E-state index in [2.05, 4.69) is 9.71 Å². The monoisotopic (exact) mass is 280 g/mol. The van der Waals surface area contributed by atoms with E-state index in [0.717, 1.165) is 5.69 Å². The van der Waals surface area contributed by atoms with Crippen molar-refractivity contribution < 1.29 is 4.21 Å². The van der Waals surface area contributed by atoms with Gasteiger partial charge in [-0.2, -0.15) is 0 Å². The fraction of sp³-hybridized carbons (Fsp3) is 0.667. The summed E-state index contributed by atoms with van der Waals surface area (Å²) in [6.07, 6.45) is 6.78. The Hall–Kier alpha value is -0.740. The van der Waals surface area contributed by atoms with Crippen LogP contribution in [0.3, 0.4) is 0 Å². The maximum absolute atomic E-state index is 12.4. The highest BCUT2D eigenvalue weighted by atomic mass is 32.2. The first-order valence-electron chi connectivity index (χ1n) is 7.07. The van der Waals surface area contributed by atoms with Crippen LogP contribution < -0.4 is 4.72 Å². The Balaban J connectivity index is 2.18. The lowest BCUT2D eigenvalue weighted by Gasteiger charge is -2.27. The first-order chi connectivity index (χ1) is 8.98. The van der Waals surface area contributed by atoms with E-state index in [1.54, 1.807) is 0 Å². The second-order valence-corrected chi connectivity index (χ2v) is 8.27. The van der Waals surface area contributed by atoms with Crippen molar-refractivity contribution in [3.05, 3.63) is 30.1 Å². The van der Waals surface area contributed by atoms with Gasteiger partial charge in [0.2, 0.25) is 0 Å². The molecule has 1 heterocycles. The molecule has 1 N–H and O–H groups in total. The minimum Gasteiger partial charge on any atom is -0.260 e. The summed E-state index contributed by atoms with van der Waals surface area (Å²) in [4.78, 5) is 4.46. The van der Waals surface area contributed by atoms with Crippen LogP contribution in [-0.2, 0) is 11.0 Å². The maximum Gasteiger partial charge on any atom is 0.0976 e. The Labute approximate surface area is 118 Å². The van der Waals surface area contributed by atoms with Crippen LogP contribution in [0.1, 0.15) is 58.2 Å². The smallest absolute Gasteiger partial charge is 0.0976 e. The molecule has 0 saturated heterocycles. The van der Waals surface area contributed by atoms with Gasteiger partial charge in [-0.25, -0.2) is 8.93 Å². The predicted octanol–water partition coefficient (Wildman–Crippen LogP) is 3.36. The van der Waals surface area contributed by atoms with Crippen molar-refractivity contribution in [1.82, 2.24) is 9.71 Å². The molecule has 0 spiro atoms. The summed E-state index contributed by atoms with van der Waals surface area (Å²) < 4.78 is 15.5. The van der Waals surface area contributed by atoms with Crippen molar-refractivity contribution in [3.63, 3.8) is 0 Å². The van der Waals surface area contributed by atoms with Crippen LogP contribution in [0.15, 0.2) is 24.4 Å². The summed E-state index contributed by atoms with van der Waals surface area (Å²) in [6, 6.07) is 6.08. The number of aromatic nitrogens is 1. The van der Waals surface area contributed by atoms with Crippen LogP contribution in [0.2, 0.25) is 0 Å². The van der Waals surface area contributed by atoms with Crippen molar-refractivity contribution in [2.45, 2.75) is 57.2 Å². The van der Waals surface area contributed by atoms with Gasteiger partial charge in [0.1, 0.15) is 0 Å². The van der Waals surface area contributed by atoms with Crippen molar-refractivity contribution in [2.75, 3.05) is 0 Å². The van der Waals surface area contributed by atoms with Gasteiger partial charge in [0.15, 0.2) is 0 Å². The average molecular weight is 280 g/mol. The lowest BCUT2D eigenvalue weighted by atomic mass is 9.96. The topological polar surface area (TPSA) is 42.0 Å². The summed E-state index contributed by atoms with van der Waals surface area (Å²) >= 11 is 0. The standard InChI is InChI=1S/C15H24N2OS/c1-15(2,3)19(18)17-14(12-8-4-5-9-12)13-10-6-7-11-16-13/h6-7,10-12,14,17H,4-5,8-9H2,1-3H3/t14-,19?/m0/s1. The Bertz CT molecular complexity index is 422. The molecule has 0 amide bonds. The lowest BCUT2D eigenvalue weighted by Crippen LogP contribution is -2.38. The summed E-state index contributed by atoms with van der Waals surface area (Å²) in [5.41, 5.74) is 1.02. The highest BCUT2D eigenvalue weighted by Gasteiger charge is 2.31. The molecule has 3 nitrogen and oxygen atoms in total. The Morgan fingerprint density at radius 1 is 1.32 bits per heavy atom. The quantitative estimate of drug-likeness (QED) is 0.919. The molecule has 1 aliphatic rings. The molecule has 0 bridgehead atoms. The molecule has 1 saturated carbocycles.